The zero-order chi connectivity index (χ0) is 13.1. The fourth-order valence-electron chi connectivity index (χ4n) is 2.17. The highest BCUT2D eigenvalue weighted by atomic mass is 16.3. The minimum absolute atomic E-state index is 0.0546. The van der Waals surface area contributed by atoms with Crippen LogP contribution < -0.4 is 10.2 Å². The molecule has 1 heterocycles. The number of carbonyl (C=O) groups excluding carboxylic acids is 1. The van der Waals surface area contributed by atoms with Gasteiger partial charge in [-0.3, -0.25) is 4.79 Å². The Morgan fingerprint density at radius 2 is 2.06 bits per heavy atom. The maximum absolute atomic E-state index is 12.1. The fourth-order valence-corrected chi connectivity index (χ4v) is 2.17. The third-order valence-electron chi connectivity index (χ3n) is 3.34. The number of carbonyl (C=O) groups is 1. The molecule has 1 amide bonds. The van der Waals surface area contributed by atoms with E-state index in [0.29, 0.717) is 19.0 Å². The van der Waals surface area contributed by atoms with Crippen LogP contribution in [0, 0.1) is 0 Å². The summed E-state index contributed by atoms with van der Waals surface area (Å²) in [5.74, 6) is 0.434. The van der Waals surface area contributed by atoms with E-state index >= 15 is 0 Å². The summed E-state index contributed by atoms with van der Waals surface area (Å²) >= 11 is 0. The smallest absolute Gasteiger partial charge is 0.246 e. The Morgan fingerprint density at radius 3 is 2.61 bits per heavy atom. The molecule has 2 rings (SSSR count). The normalized spacial score (nSPS) is 20.6. The Kier molecular flexibility index (Phi) is 3.99. The van der Waals surface area contributed by atoms with E-state index < -0.39 is 6.04 Å². The molecule has 98 valence electrons. The van der Waals surface area contributed by atoms with Gasteiger partial charge in [-0.15, -0.1) is 0 Å². The van der Waals surface area contributed by atoms with Crippen molar-refractivity contribution in [3.63, 3.8) is 0 Å². The van der Waals surface area contributed by atoms with Crippen molar-refractivity contribution >= 4 is 11.6 Å². The lowest BCUT2D eigenvalue weighted by Crippen LogP contribution is -2.56. The Labute approximate surface area is 108 Å². The number of amides is 1. The van der Waals surface area contributed by atoms with Crippen LogP contribution in [-0.2, 0) is 4.79 Å². The first-order chi connectivity index (χ1) is 8.63. The molecular formula is C14H20N2O2. The highest BCUT2D eigenvalue weighted by molar-refractivity contribution is 5.98. The molecule has 4 heteroatoms. The molecule has 0 saturated carbocycles. The van der Waals surface area contributed by atoms with E-state index in [0.717, 1.165) is 5.69 Å². The van der Waals surface area contributed by atoms with Gasteiger partial charge < -0.3 is 15.3 Å². The average molecular weight is 248 g/mol. The van der Waals surface area contributed by atoms with E-state index in [4.69, 9.17) is 5.11 Å². The number of hydrogen-bond acceptors (Lipinski definition) is 3. The van der Waals surface area contributed by atoms with Gasteiger partial charge in [-0.25, -0.2) is 0 Å². The molecule has 2 N–H and O–H groups in total. The van der Waals surface area contributed by atoms with Gasteiger partial charge in [0.15, 0.2) is 0 Å². The van der Waals surface area contributed by atoms with Crippen LogP contribution in [0.3, 0.4) is 0 Å². The predicted molar refractivity (Wildman–Crippen MR) is 71.8 cm³/mol. The van der Waals surface area contributed by atoms with Crippen molar-refractivity contribution in [1.82, 2.24) is 5.32 Å². The number of piperazine rings is 1. The van der Waals surface area contributed by atoms with Gasteiger partial charge in [0.05, 0.1) is 6.61 Å². The molecule has 1 aliphatic heterocycles. The summed E-state index contributed by atoms with van der Waals surface area (Å²) in [4.78, 5) is 13.8. The van der Waals surface area contributed by atoms with Crippen molar-refractivity contribution in [2.45, 2.75) is 25.8 Å². The van der Waals surface area contributed by atoms with Crippen LogP contribution >= 0.6 is 0 Å². The molecule has 1 atom stereocenters. The molecule has 4 nitrogen and oxygen atoms in total. The molecule has 1 unspecified atom stereocenters. The van der Waals surface area contributed by atoms with Crippen LogP contribution in [0.4, 0.5) is 5.69 Å². The fraction of sp³-hybridized carbons (Fsp3) is 0.500. The van der Waals surface area contributed by atoms with Gasteiger partial charge in [0, 0.05) is 18.8 Å². The summed E-state index contributed by atoms with van der Waals surface area (Å²) in [6.45, 7) is 5.50. The zero-order valence-electron chi connectivity index (χ0n) is 10.9. The Hall–Kier alpha value is -1.39. The molecule has 0 radical (unpaired) electrons. The van der Waals surface area contributed by atoms with E-state index in [2.05, 4.69) is 31.3 Å². The van der Waals surface area contributed by atoms with Crippen LogP contribution in [0.2, 0.25) is 0 Å². The van der Waals surface area contributed by atoms with E-state index in [-0.39, 0.29) is 12.5 Å². The SMILES string of the molecule is CC(C)c1ccc(N2CCNC(CO)C2=O)cc1. The number of nitrogens with one attached hydrogen (secondary N) is 1. The molecule has 1 aliphatic rings. The molecule has 1 aromatic carbocycles. The summed E-state index contributed by atoms with van der Waals surface area (Å²) in [6.07, 6.45) is 0. The van der Waals surface area contributed by atoms with Crippen LogP contribution in [-0.4, -0.2) is 36.8 Å². The van der Waals surface area contributed by atoms with Crippen molar-refractivity contribution in [2.24, 2.45) is 0 Å². The minimum Gasteiger partial charge on any atom is -0.394 e. The van der Waals surface area contributed by atoms with Crippen molar-refractivity contribution in [1.29, 1.82) is 0 Å². The van der Waals surface area contributed by atoms with Gasteiger partial charge in [0.2, 0.25) is 5.91 Å². The number of aliphatic hydroxyl groups excluding tert-OH is 1. The first-order valence-corrected chi connectivity index (χ1v) is 6.39. The molecule has 0 aromatic heterocycles. The Bertz CT molecular complexity index is 414. The van der Waals surface area contributed by atoms with E-state index in [1.165, 1.54) is 5.56 Å². The van der Waals surface area contributed by atoms with Gasteiger partial charge in [-0.05, 0) is 23.6 Å². The number of rotatable bonds is 3. The summed E-state index contributed by atoms with van der Waals surface area (Å²) in [5.41, 5.74) is 2.17. The molecule has 0 aliphatic carbocycles. The molecule has 18 heavy (non-hydrogen) atoms. The third-order valence-corrected chi connectivity index (χ3v) is 3.34. The first kappa shape index (κ1) is 13.1. The minimum atomic E-state index is -0.469. The standard InChI is InChI=1S/C14H20N2O2/c1-10(2)11-3-5-12(6-4-11)16-8-7-15-13(9-17)14(16)18/h3-6,10,13,15,17H,7-9H2,1-2H3. The van der Waals surface area contributed by atoms with Gasteiger partial charge in [-0.2, -0.15) is 0 Å². The Morgan fingerprint density at radius 1 is 1.39 bits per heavy atom. The molecule has 0 bridgehead atoms. The summed E-state index contributed by atoms with van der Waals surface area (Å²) in [7, 11) is 0. The third kappa shape index (κ3) is 2.54. The quantitative estimate of drug-likeness (QED) is 0.842. The van der Waals surface area contributed by atoms with Crippen LogP contribution in [0.5, 0.6) is 0 Å². The van der Waals surface area contributed by atoms with Crippen LogP contribution in [0.25, 0.3) is 0 Å². The molecule has 1 aromatic rings. The molecule has 1 saturated heterocycles. The van der Waals surface area contributed by atoms with Gasteiger partial charge in [0.25, 0.3) is 0 Å². The second-order valence-electron chi connectivity index (χ2n) is 4.93. The monoisotopic (exact) mass is 248 g/mol. The number of hydrogen-bond donors (Lipinski definition) is 2. The zero-order valence-corrected chi connectivity index (χ0v) is 10.9. The second-order valence-corrected chi connectivity index (χ2v) is 4.93. The van der Waals surface area contributed by atoms with E-state index in [1.54, 1.807) is 4.90 Å². The van der Waals surface area contributed by atoms with Crippen LogP contribution in [0.1, 0.15) is 25.3 Å². The van der Waals surface area contributed by atoms with Crippen LogP contribution in [0.15, 0.2) is 24.3 Å². The summed E-state index contributed by atoms with van der Waals surface area (Å²) in [5, 5.41) is 12.1. The van der Waals surface area contributed by atoms with Gasteiger partial charge >= 0.3 is 0 Å². The van der Waals surface area contributed by atoms with E-state index in [9.17, 15) is 4.79 Å². The van der Waals surface area contributed by atoms with Crippen molar-refractivity contribution in [3.05, 3.63) is 29.8 Å². The number of aliphatic hydroxyl groups is 1. The van der Waals surface area contributed by atoms with E-state index in [1.807, 2.05) is 12.1 Å². The van der Waals surface area contributed by atoms with Crippen molar-refractivity contribution in [2.75, 3.05) is 24.6 Å². The van der Waals surface area contributed by atoms with Crippen molar-refractivity contribution < 1.29 is 9.90 Å². The lowest BCUT2D eigenvalue weighted by atomic mass is 10.0. The lowest BCUT2D eigenvalue weighted by Gasteiger charge is -2.32. The van der Waals surface area contributed by atoms with Crippen molar-refractivity contribution in [3.8, 4) is 0 Å². The highest BCUT2D eigenvalue weighted by Gasteiger charge is 2.28. The molecule has 0 spiro atoms. The topological polar surface area (TPSA) is 52.6 Å². The first-order valence-electron chi connectivity index (χ1n) is 6.39. The summed E-state index contributed by atoms with van der Waals surface area (Å²) in [6, 6.07) is 7.61. The maximum Gasteiger partial charge on any atom is 0.246 e. The predicted octanol–water partition coefficient (Wildman–Crippen LogP) is 1.11. The second kappa shape index (κ2) is 5.50. The maximum atomic E-state index is 12.1. The lowest BCUT2D eigenvalue weighted by molar-refractivity contribution is -0.122. The number of nitrogens with zero attached hydrogens (tertiary/aromatic N) is 1. The Balaban J connectivity index is 2.17. The largest absolute Gasteiger partial charge is 0.394 e. The summed E-state index contributed by atoms with van der Waals surface area (Å²) < 4.78 is 0. The number of benzene rings is 1. The number of anilines is 1. The van der Waals surface area contributed by atoms with Gasteiger partial charge in [0.1, 0.15) is 6.04 Å². The highest BCUT2D eigenvalue weighted by Crippen LogP contribution is 2.21. The average Bonchev–Trinajstić information content (AvgIpc) is 2.39. The molecular weight excluding hydrogens is 228 g/mol. The van der Waals surface area contributed by atoms with Gasteiger partial charge in [-0.1, -0.05) is 26.0 Å². The molecule has 1 fully saturated rings.